The monoisotopic (exact) mass is 412 g/mol. The van der Waals surface area contributed by atoms with E-state index in [1.165, 1.54) is 0 Å². The van der Waals surface area contributed by atoms with E-state index >= 15 is 0 Å². The number of aromatic nitrogens is 1. The molecule has 4 aromatic rings. The van der Waals surface area contributed by atoms with Crippen molar-refractivity contribution in [1.82, 2.24) is 4.57 Å². The Morgan fingerprint density at radius 3 is 2.32 bits per heavy atom. The van der Waals surface area contributed by atoms with E-state index < -0.39 is 0 Å². The van der Waals surface area contributed by atoms with Crippen molar-refractivity contribution in [3.8, 4) is 11.4 Å². The van der Waals surface area contributed by atoms with Gasteiger partial charge < -0.3 is 10.1 Å². The van der Waals surface area contributed by atoms with Crippen molar-refractivity contribution in [2.45, 2.75) is 20.8 Å². The number of nitrogens with one attached hydrogen (secondary N) is 1. The molecule has 0 saturated carbocycles. The van der Waals surface area contributed by atoms with E-state index in [0.717, 1.165) is 22.6 Å². The van der Waals surface area contributed by atoms with Gasteiger partial charge in [-0.25, -0.2) is 0 Å². The van der Waals surface area contributed by atoms with E-state index in [9.17, 15) is 9.59 Å². The minimum Gasteiger partial charge on any atom is -0.494 e. The van der Waals surface area contributed by atoms with Gasteiger partial charge in [0.1, 0.15) is 5.75 Å². The average Bonchev–Trinajstić information content (AvgIpc) is 2.78. The lowest BCUT2D eigenvalue weighted by molar-refractivity contribution is 0.102. The number of anilines is 1. The highest BCUT2D eigenvalue weighted by Gasteiger charge is 2.16. The molecule has 31 heavy (non-hydrogen) atoms. The van der Waals surface area contributed by atoms with Gasteiger partial charge in [0, 0.05) is 28.3 Å². The Balaban J connectivity index is 1.79. The summed E-state index contributed by atoms with van der Waals surface area (Å²) in [6, 6.07) is 20.2. The zero-order chi connectivity index (χ0) is 22.0. The first-order valence-corrected chi connectivity index (χ1v) is 10.2. The van der Waals surface area contributed by atoms with Gasteiger partial charge in [-0.2, -0.15) is 0 Å². The van der Waals surface area contributed by atoms with Gasteiger partial charge in [0.05, 0.1) is 12.2 Å². The minimum absolute atomic E-state index is 0.156. The molecule has 5 nitrogen and oxygen atoms in total. The molecule has 0 unspecified atom stereocenters. The maximum absolute atomic E-state index is 13.2. The van der Waals surface area contributed by atoms with Gasteiger partial charge in [0.15, 0.2) is 0 Å². The maximum atomic E-state index is 13.2. The summed E-state index contributed by atoms with van der Waals surface area (Å²) in [6.07, 6.45) is 1.62. The van der Waals surface area contributed by atoms with Crippen LogP contribution in [0, 0.1) is 13.8 Å². The summed E-state index contributed by atoms with van der Waals surface area (Å²) >= 11 is 0. The van der Waals surface area contributed by atoms with Crippen molar-refractivity contribution in [3.63, 3.8) is 0 Å². The number of benzene rings is 3. The van der Waals surface area contributed by atoms with E-state index in [1.807, 2.05) is 63.2 Å². The highest BCUT2D eigenvalue weighted by atomic mass is 16.5. The number of hydrogen-bond acceptors (Lipinski definition) is 3. The summed E-state index contributed by atoms with van der Waals surface area (Å²) < 4.78 is 7.00. The van der Waals surface area contributed by atoms with E-state index in [4.69, 9.17) is 4.74 Å². The van der Waals surface area contributed by atoms with Crippen LogP contribution in [0.5, 0.6) is 5.75 Å². The number of rotatable bonds is 5. The summed E-state index contributed by atoms with van der Waals surface area (Å²) in [7, 11) is 0. The number of aryl methyl sites for hydroxylation is 2. The van der Waals surface area contributed by atoms with E-state index in [0.29, 0.717) is 28.6 Å². The van der Waals surface area contributed by atoms with Crippen LogP contribution in [0.1, 0.15) is 28.4 Å². The molecule has 5 heteroatoms. The summed E-state index contributed by atoms with van der Waals surface area (Å²) in [4.78, 5) is 26.4. The highest BCUT2D eigenvalue weighted by molar-refractivity contribution is 6.12. The van der Waals surface area contributed by atoms with Gasteiger partial charge >= 0.3 is 0 Å². The number of hydrogen-bond donors (Lipinski definition) is 1. The second-order valence-corrected chi connectivity index (χ2v) is 7.44. The smallest absolute Gasteiger partial charge is 0.262 e. The van der Waals surface area contributed by atoms with Gasteiger partial charge in [-0.3, -0.25) is 14.2 Å². The fourth-order valence-corrected chi connectivity index (χ4v) is 3.54. The Labute approximate surface area is 180 Å². The van der Waals surface area contributed by atoms with E-state index in [2.05, 4.69) is 5.32 Å². The molecule has 1 N–H and O–H groups in total. The third-order valence-corrected chi connectivity index (χ3v) is 5.36. The van der Waals surface area contributed by atoms with Crippen molar-refractivity contribution >= 4 is 22.4 Å². The first-order chi connectivity index (χ1) is 15.0. The van der Waals surface area contributed by atoms with Crippen molar-refractivity contribution < 1.29 is 9.53 Å². The minimum atomic E-state index is -0.280. The van der Waals surface area contributed by atoms with Crippen LogP contribution in [0.15, 0.2) is 77.7 Å². The molecule has 0 spiro atoms. The zero-order valence-corrected chi connectivity index (χ0v) is 17.8. The number of nitrogens with zero attached hydrogens (tertiary/aromatic N) is 1. The van der Waals surface area contributed by atoms with Crippen LogP contribution in [0.3, 0.4) is 0 Å². The molecule has 4 rings (SSSR count). The number of carbonyl (C=O) groups is 1. The second-order valence-electron chi connectivity index (χ2n) is 7.44. The van der Waals surface area contributed by atoms with Crippen molar-refractivity contribution in [3.05, 3.63) is 100.0 Å². The molecule has 0 bridgehead atoms. The van der Waals surface area contributed by atoms with Crippen LogP contribution in [-0.2, 0) is 0 Å². The Morgan fingerprint density at radius 1 is 0.935 bits per heavy atom. The number of pyridine rings is 1. The average molecular weight is 412 g/mol. The molecule has 1 heterocycles. The first-order valence-electron chi connectivity index (χ1n) is 10.2. The zero-order valence-electron chi connectivity index (χ0n) is 17.8. The Kier molecular flexibility index (Phi) is 5.58. The van der Waals surface area contributed by atoms with E-state index in [-0.39, 0.29) is 11.5 Å². The summed E-state index contributed by atoms with van der Waals surface area (Å²) in [5, 5.41) is 4.05. The molecule has 1 aromatic heterocycles. The molecular weight excluding hydrogens is 388 g/mol. The van der Waals surface area contributed by atoms with Gasteiger partial charge in [0.25, 0.3) is 11.5 Å². The summed E-state index contributed by atoms with van der Waals surface area (Å²) in [5.74, 6) is 0.465. The molecule has 0 saturated heterocycles. The normalized spacial score (nSPS) is 10.8. The van der Waals surface area contributed by atoms with Crippen LogP contribution >= 0.6 is 0 Å². The Morgan fingerprint density at radius 2 is 1.65 bits per heavy atom. The lowest BCUT2D eigenvalue weighted by atomic mass is 10.1. The van der Waals surface area contributed by atoms with Gasteiger partial charge in [-0.05, 0) is 74.4 Å². The predicted octanol–water partition coefficient (Wildman–Crippen LogP) is 5.26. The van der Waals surface area contributed by atoms with Crippen LogP contribution in [0.25, 0.3) is 16.5 Å². The van der Waals surface area contributed by atoms with Crippen LogP contribution in [-0.4, -0.2) is 17.1 Å². The van der Waals surface area contributed by atoms with Crippen LogP contribution in [0.4, 0.5) is 5.69 Å². The van der Waals surface area contributed by atoms with E-state index in [1.54, 1.807) is 35.0 Å². The molecule has 156 valence electrons. The Bertz CT molecular complexity index is 1320. The third kappa shape index (κ3) is 4.08. The van der Waals surface area contributed by atoms with Crippen molar-refractivity contribution in [1.29, 1.82) is 0 Å². The lowest BCUT2D eigenvalue weighted by Gasteiger charge is -2.14. The second kappa shape index (κ2) is 8.48. The standard InChI is InChI=1S/C26H24N2O3/c1-4-31-21-13-10-19(11-14-21)27-25(29)24-16-28(20-12-9-17(2)18(3)15-20)26(30)23-8-6-5-7-22(23)24/h5-16H,4H2,1-3H3,(H,27,29). The molecule has 0 atom stereocenters. The summed E-state index contributed by atoms with van der Waals surface area (Å²) in [6.45, 7) is 6.53. The number of fused-ring (bicyclic) bond motifs is 1. The first kappa shape index (κ1) is 20.4. The van der Waals surface area contributed by atoms with Gasteiger partial charge in [0.2, 0.25) is 0 Å². The Hall–Kier alpha value is -3.86. The maximum Gasteiger partial charge on any atom is 0.262 e. The van der Waals surface area contributed by atoms with Gasteiger partial charge in [-0.1, -0.05) is 24.3 Å². The summed E-state index contributed by atoms with van der Waals surface area (Å²) in [5.41, 5.74) is 3.89. The molecule has 0 radical (unpaired) electrons. The molecule has 0 aliphatic rings. The number of amides is 1. The lowest BCUT2D eigenvalue weighted by Crippen LogP contribution is -2.22. The third-order valence-electron chi connectivity index (χ3n) is 5.36. The largest absolute Gasteiger partial charge is 0.494 e. The van der Waals surface area contributed by atoms with Crippen molar-refractivity contribution in [2.75, 3.05) is 11.9 Å². The fraction of sp³-hybridized carbons (Fsp3) is 0.154. The van der Waals surface area contributed by atoms with Crippen LogP contribution < -0.4 is 15.6 Å². The van der Waals surface area contributed by atoms with Crippen molar-refractivity contribution in [2.24, 2.45) is 0 Å². The molecule has 1 amide bonds. The SMILES string of the molecule is CCOc1ccc(NC(=O)c2cn(-c3ccc(C)c(C)c3)c(=O)c3ccccc23)cc1. The molecule has 3 aromatic carbocycles. The van der Waals surface area contributed by atoms with Gasteiger partial charge in [-0.15, -0.1) is 0 Å². The molecule has 0 aliphatic carbocycles. The van der Waals surface area contributed by atoms with Crippen LogP contribution in [0.2, 0.25) is 0 Å². The number of ether oxygens (including phenoxy) is 1. The molecule has 0 fully saturated rings. The molecular formula is C26H24N2O3. The number of carbonyl (C=O) groups excluding carboxylic acids is 1. The fourth-order valence-electron chi connectivity index (χ4n) is 3.54. The quantitative estimate of drug-likeness (QED) is 0.486. The highest BCUT2D eigenvalue weighted by Crippen LogP contribution is 2.21. The topological polar surface area (TPSA) is 60.3 Å². The predicted molar refractivity (Wildman–Crippen MR) is 125 cm³/mol. The molecule has 0 aliphatic heterocycles.